The van der Waals surface area contributed by atoms with Gasteiger partial charge in [-0.25, -0.2) is 0 Å². The van der Waals surface area contributed by atoms with E-state index in [1.165, 1.54) is 11.3 Å². The van der Waals surface area contributed by atoms with Crippen LogP contribution in [0.1, 0.15) is 22.2 Å². The van der Waals surface area contributed by atoms with Crippen LogP contribution in [0.4, 0.5) is 11.4 Å². The van der Waals surface area contributed by atoms with Crippen LogP contribution < -0.4 is 10.6 Å². The quantitative estimate of drug-likeness (QED) is 0.862. The van der Waals surface area contributed by atoms with Gasteiger partial charge in [0.05, 0.1) is 4.88 Å². The molecule has 0 saturated heterocycles. The minimum atomic E-state index is 0.0339. The lowest BCUT2D eigenvalue weighted by Crippen LogP contribution is -2.26. The van der Waals surface area contributed by atoms with Crippen LogP contribution in [0.3, 0.4) is 0 Å². The van der Waals surface area contributed by atoms with Crippen molar-refractivity contribution in [3.8, 4) is 0 Å². The highest BCUT2D eigenvalue weighted by Gasteiger charge is 2.17. The molecule has 94 valence electrons. The van der Waals surface area contributed by atoms with Crippen LogP contribution in [0.25, 0.3) is 0 Å². The van der Waals surface area contributed by atoms with Crippen molar-refractivity contribution >= 4 is 28.6 Å². The van der Waals surface area contributed by atoms with E-state index in [0.29, 0.717) is 5.69 Å². The third-order valence-electron chi connectivity index (χ3n) is 2.91. The van der Waals surface area contributed by atoms with Crippen molar-refractivity contribution in [3.05, 3.63) is 46.2 Å². The van der Waals surface area contributed by atoms with Gasteiger partial charge in [0.1, 0.15) is 0 Å². The molecule has 0 atom stereocenters. The van der Waals surface area contributed by atoms with Crippen molar-refractivity contribution in [2.24, 2.45) is 0 Å². The van der Waals surface area contributed by atoms with Gasteiger partial charge in [0.15, 0.2) is 0 Å². The Morgan fingerprint density at radius 3 is 2.56 bits per heavy atom. The molecule has 0 saturated carbocycles. The van der Waals surface area contributed by atoms with E-state index >= 15 is 0 Å². The maximum absolute atomic E-state index is 12.4. The number of thiophene rings is 1. The lowest BCUT2D eigenvalue weighted by Gasteiger charge is -2.17. The summed E-state index contributed by atoms with van der Waals surface area (Å²) in [6.07, 6.45) is 0.875. The molecule has 1 aromatic heterocycles. The van der Waals surface area contributed by atoms with E-state index in [1.54, 1.807) is 24.1 Å². The second kappa shape index (κ2) is 5.23. The Balaban J connectivity index is 2.26. The van der Waals surface area contributed by atoms with Crippen molar-refractivity contribution in [2.45, 2.75) is 13.3 Å². The molecule has 0 radical (unpaired) electrons. The molecular weight excluding hydrogens is 244 g/mol. The van der Waals surface area contributed by atoms with Crippen molar-refractivity contribution in [2.75, 3.05) is 17.7 Å². The van der Waals surface area contributed by atoms with Gasteiger partial charge >= 0.3 is 0 Å². The van der Waals surface area contributed by atoms with Gasteiger partial charge in [-0.3, -0.25) is 4.79 Å². The second-order valence-electron chi connectivity index (χ2n) is 4.08. The Bertz CT molecular complexity index is 545. The molecule has 0 fully saturated rings. The fraction of sp³-hybridized carbons (Fsp3) is 0.214. The maximum atomic E-state index is 12.4. The average molecular weight is 260 g/mol. The summed E-state index contributed by atoms with van der Waals surface area (Å²) in [5.41, 5.74) is 8.30. The molecule has 4 heteroatoms. The zero-order valence-corrected chi connectivity index (χ0v) is 11.3. The van der Waals surface area contributed by atoms with Crippen molar-refractivity contribution in [1.82, 2.24) is 0 Å². The van der Waals surface area contributed by atoms with Crippen LogP contribution in [0.15, 0.2) is 35.7 Å². The highest BCUT2D eigenvalue weighted by molar-refractivity contribution is 7.12. The van der Waals surface area contributed by atoms with Crippen LogP contribution in [0.5, 0.6) is 0 Å². The highest BCUT2D eigenvalue weighted by atomic mass is 32.1. The van der Waals surface area contributed by atoms with Crippen LogP contribution in [-0.4, -0.2) is 13.0 Å². The topological polar surface area (TPSA) is 46.3 Å². The first kappa shape index (κ1) is 12.6. The number of benzene rings is 1. The number of aryl methyl sites for hydroxylation is 1. The molecule has 2 N–H and O–H groups in total. The van der Waals surface area contributed by atoms with Gasteiger partial charge in [0, 0.05) is 18.4 Å². The number of nitrogen functional groups attached to an aromatic ring is 1. The Labute approximate surface area is 111 Å². The third kappa shape index (κ3) is 2.38. The lowest BCUT2D eigenvalue weighted by atomic mass is 10.2. The Kier molecular flexibility index (Phi) is 3.67. The number of carbonyl (C=O) groups is 1. The van der Waals surface area contributed by atoms with E-state index in [0.717, 1.165) is 22.5 Å². The normalized spacial score (nSPS) is 10.3. The van der Waals surface area contributed by atoms with E-state index in [1.807, 2.05) is 23.6 Å². The van der Waals surface area contributed by atoms with E-state index < -0.39 is 0 Å². The molecule has 2 aromatic rings. The zero-order valence-electron chi connectivity index (χ0n) is 10.5. The van der Waals surface area contributed by atoms with E-state index in [4.69, 9.17) is 5.73 Å². The van der Waals surface area contributed by atoms with Crippen LogP contribution in [0.2, 0.25) is 0 Å². The van der Waals surface area contributed by atoms with Crippen LogP contribution in [0, 0.1) is 0 Å². The molecule has 0 aliphatic heterocycles. The fourth-order valence-electron chi connectivity index (χ4n) is 1.77. The van der Waals surface area contributed by atoms with Crippen molar-refractivity contribution in [1.29, 1.82) is 0 Å². The highest BCUT2D eigenvalue weighted by Crippen LogP contribution is 2.23. The van der Waals surface area contributed by atoms with Crippen molar-refractivity contribution < 1.29 is 4.79 Å². The molecule has 0 bridgehead atoms. The molecule has 2 rings (SSSR count). The molecule has 0 spiro atoms. The molecule has 3 nitrogen and oxygen atoms in total. The summed E-state index contributed by atoms with van der Waals surface area (Å²) in [5.74, 6) is 0.0339. The Morgan fingerprint density at radius 2 is 1.94 bits per heavy atom. The lowest BCUT2D eigenvalue weighted by molar-refractivity contribution is 0.0996. The maximum Gasteiger partial charge on any atom is 0.268 e. The summed E-state index contributed by atoms with van der Waals surface area (Å²) in [7, 11) is 1.78. The monoisotopic (exact) mass is 260 g/mol. The largest absolute Gasteiger partial charge is 0.399 e. The van der Waals surface area contributed by atoms with Crippen LogP contribution in [-0.2, 0) is 6.42 Å². The number of hydrogen-bond acceptors (Lipinski definition) is 3. The van der Waals surface area contributed by atoms with Gasteiger partial charge in [0.25, 0.3) is 5.91 Å². The first-order chi connectivity index (χ1) is 8.63. The van der Waals surface area contributed by atoms with Gasteiger partial charge in [-0.15, -0.1) is 11.3 Å². The molecule has 18 heavy (non-hydrogen) atoms. The van der Waals surface area contributed by atoms with Gasteiger partial charge in [-0.05, 0) is 47.7 Å². The summed E-state index contributed by atoms with van der Waals surface area (Å²) in [5, 5.41) is 1.96. The first-order valence-electron chi connectivity index (χ1n) is 5.83. The number of rotatable bonds is 3. The van der Waals surface area contributed by atoms with Gasteiger partial charge in [0.2, 0.25) is 0 Å². The average Bonchev–Trinajstić information content (AvgIpc) is 2.86. The zero-order chi connectivity index (χ0) is 13.1. The summed E-state index contributed by atoms with van der Waals surface area (Å²) < 4.78 is 0. The number of nitrogens with zero attached hydrogens (tertiary/aromatic N) is 1. The molecule has 1 heterocycles. The predicted octanol–water partition coefficient (Wildman–Crippen LogP) is 3.17. The van der Waals surface area contributed by atoms with E-state index in [2.05, 4.69) is 6.92 Å². The number of hydrogen-bond donors (Lipinski definition) is 1. The molecule has 1 amide bonds. The Morgan fingerprint density at radius 1 is 1.28 bits per heavy atom. The van der Waals surface area contributed by atoms with E-state index in [-0.39, 0.29) is 5.91 Å². The minimum Gasteiger partial charge on any atom is -0.399 e. The van der Waals surface area contributed by atoms with Crippen LogP contribution >= 0.6 is 11.3 Å². The first-order valence-corrected chi connectivity index (χ1v) is 6.71. The number of amides is 1. The molecule has 0 aliphatic carbocycles. The van der Waals surface area contributed by atoms with E-state index in [9.17, 15) is 4.79 Å². The SMILES string of the molecule is CCc1ccsc1C(=O)N(C)c1ccc(N)cc1. The number of carbonyl (C=O) groups excluding carboxylic acids is 1. The number of nitrogens with two attached hydrogens (primary N) is 1. The van der Waals surface area contributed by atoms with Gasteiger partial charge in [-0.1, -0.05) is 6.92 Å². The van der Waals surface area contributed by atoms with Gasteiger partial charge < -0.3 is 10.6 Å². The summed E-state index contributed by atoms with van der Waals surface area (Å²) in [6, 6.07) is 9.32. The fourth-order valence-corrected chi connectivity index (χ4v) is 2.74. The third-order valence-corrected chi connectivity index (χ3v) is 3.85. The molecular formula is C14H16N2OS. The summed E-state index contributed by atoms with van der Waals surface area (Å²) >= 11 is 1.49. The molecule has 0 unspecified atom stereocenters. The smallest absolute Gasteiger partial charge is 0.268 e. The Hall–Kier alpha value is -1.81. The number of anilines is 2. The molecule has 1 aromatic carbocycles. The molecule has 0 aliphatic rings. The standard InChI is InChI=1S/C14H16N2OS/c1-3-10-8-9-18-13(10)14(17)16(2)12-6-4-11(15)5-7-12/h4-9H,3,15H2,1-2H3. The summed E-state index contributed by atoms with van der Waals surface area (Å²) in [4.78, 5) is 14.8. The predicted molar refractivity (Wildman–Crippen MR) is 77.3 cm³/mol. The van der Waals surface area contributed by atoms with Crippen molar-refractivity contribution in [3.63, 3.8) is 0 Å². The van der Waals surface area contributed by atoms with Gasteiger partial charge in [-0.2, -0.15) is 0 Å². The summed E-state index contributed by atoms with van der Waals surface area (Å²) in [6.45, 7) is 2.06. The second-order valence-corrected chi connectivity index (χ2v) is 5.00. The minimum absolute atomic E-state index is 0.0339.